The summed E-state index contributed by atoms with van der Waals surface area (Å²) in [5.41, 5.74) is 2.38. The van der Waals surface area contributed by atoms with Crippen LogP contribution in [-0.2, 0) is 21.1 Å². The van der Waals surface area contributed by atoms with Crippen molar-refractivity contribution >= 4 is 27.3 Å². The molecule has 1 heterocycles. The van der Waals surface area contributed by atoms with Crippen LogP contribution in [0.1, 0.15) is 12.2 Å². The molecule has 0 atom stereocenters. The van der Waals surface area contributed by atoms with Gasteiger partial charge in [0.25, 0.3) is 0 Å². The second kappa shape index (κ2) is 8.41. The molecule has 2 aromatic carbocycles. The summed E-state index contributed by atoms with van der Waals surface area (Å²) in [5, 5.41) is 10.4. The van der Waals surface area contributed by atoms with Gasteiger partial charge in [-0.1, -0.05) is 23.7 Å². The average molecular weight is 434 g/mol. The number of carbonyl (C=O) groups excluding carboxylic acids is 1. The summed E-state index contributed by atoms with van der Waals surface area (Å²) in [6.07, 6.45) is 1.56. The molecule has 0 unspecified atom stereocenters. The van der Waals surface area contributed by atoms with Crippen molar-refractivity contribution in [2.45, 2.75) is 17.7 Å². The van der Waals surface area contributed by atoms with E-state index in [1.165, 1.54) is 19.2 Å². The fourth-order valence-electron chi connectivity index (χ4n) is 2.87. The van der Waals surface area contributed by atoms with Crippen LogP contribution < -0.4 is 0 Å². The van der Waals surface area contributed by atoms with Gasteiger partial charge in [-0.15, -0.1) is 0 Å². The van der Waals surface area contributed by atoms with Gasteiger partial charge < -0.3 is 4.42 Å². The molecule has 1 N–H and O–H groups in total. The highest BCUT2D eigenvalue weighted by molar-refractivity contribution is 7.90. The quantitative estimate of drug-likeness (QED) is 0.458. The number of carbonyl (C=O) groups is 1. The van der Waals surface area contributed by atoms with Crippen LogP contribution in [0.5, 0.6) is 0 Å². The third-order valence-electron chi connectivity index (χ3n) is 4.43. The molecule has 6 nitrogen and oxygen atoms in total. The molecule has 0 aliphatic rings. The van der Waals surface area contributed by atoms with Crippen molar-refractivity contribution in [3.8, 4) is 22.5 Å². The lowest BCUT2D eigenvalue weighted by molar-refractivity contribution is -0.159. The Morgan fingerprint density at radius 2 is 1.66 bits per heavy atom. The molecule has 152 valence electrons. The number of aryl methyl sites for hydroxylation is 1. The smallest absolute Gasteiger partial charge is 0.246 e. The molecule has 0 saturated heterocycles. The van der Waals surface area contributed by atoms with Crippen LogP contribution in [0.2, 0.25) is 5.02 Å². The van der Waals surface area contributed by atoms with Gasteiger partial charge in [0.1, 0.15) is 11.5 Å². The van der Waals surface area contributed by atoms with Crippen LogP contribution >= 0.6 is 11.6 Å². The van der Waals surface area contributed by atoms with Gasteiger partial charge in [-0.3, -0.25) is 10.0 Å². The number of amides is 1. The number of benzene rings is 2. The van der Waals surface area contributed by atoms with Gasteiger partial charge in [-0.2, -0.15) is 0 Å². The molecule has 0 fully saturated rings. The van der Waals surface area contributed by atoms with Gasteiger partial charge in [0.15, 0.2) is 9.84 Å². The molecule has 8 heteroatoms. The number of hydrogen-bond donors (Lipinski definition) is 1. The third kappa shape index (κ3) is 5.06. The van der Waals surface area contributed by atoms with E-state index in [1.807, 2.05) is 18.2 Å². The predicted octanol–water partition coefficient (Wildman–Crippen LogP) is 4.45. The third-order valence-corrected chi connectivity index (χ3v) is 5.81. The summed E-state index contributed by atoms with van der Waals surface area (Å²) in [7, 11) is -2.02. The zero-order chi connectivity index (χ0) is 21.2. The predicted molar refractivity (Wildman–Crippen MR) is 111 cm³/mol. The lowest BCUT2D eigenvalue weighted by atomic mass is 10.0. The number of rotatable bonds is 6. The molecule has 0 radical (unpaired) electrons. The number of hydrogen-bond acceptors (Lipinski definition) is 5. The number of hydroxylamine groups is 2. The lowest BCUT2D eigenvalue weighted by Gasteiger charge is -2.06. The molecular formula is C21H20ClNO5S. The maximum atomic E-state index is 11.7. The van der Waals surface area contributed by atoms with Gasteiger partial charge in [0.05, 0.1) is 4.90 Å². The second-order valence-corrected chi connectivity index (χ2v) is 9.13. The normalized spacial score (nSPS) is 11.4. The highest BCUT2D eigenvalue weighted by Crippen LogP contribution is 2.36. The Morgan fingerprint density at radius 3 is 2.21 bits per heavy atom. The van der Waals surface area contributed by atoms with Gasteiger partial charge in [0, 0.05) is 42.3 Å². The van der Waals surface area contributed by atoms with E-state index in [4.69, 9.17) is 16.0 Å². The Bertz CT molecular complexity index is 1120. The molecule has 0 spiro atoms. The second-order valence-electron chi connectivity index (χ2n) is 6.68. The number of sulfone groups is 1. The number of furan rings is 1. The minimum absolute atomic E-state index is 0.0903. The highest BCUT2D eigenvalue weighted by Gasteiger charge is 2.17. The van der Waals surface area contributed by atoms with Gasteiger partial charge in [-0.25, -0.2) is 13.5 Å². The molecule has 29 heavy (non-hydrogen) atoms. The molecule has 0 bridgehead atoms. The van der Waals surface area contributed by atoms with E-state index < -0.39 is 15.7 Å². The Hall–Kier alpha value is -2.61. The van der Waals surface area contributed by atoms with Crippen molar-refractivity contribution in [1.82, 2.24) is 5.06 Å². The van der Waals surface area contributed by atoms with Crippen LogP contribution in [0.4, 0.5) is 0 Å². The molecule has 3 rings (SSSR count). The Labute approximate surface area is 174 Å². The fraction of sp³-hybridized carbons (Fsp3) is 0.190. The average Bonchev–Trinajstić information content (AvgIpc) is 3.10. The lowest BCUT2D eigenvalue weighted by Crippen LogP contribution is -2.22. The van der Waals surface area contributed by atoms with Crippen molar-refractivity contribution in [3.63, 3.8) is 0 Å². The molecule has 0 aliphatic carbocycles. The molecule has 0 saturated carbocycles. The number of halogens is 1. The first-order valence-electron chi connectivity index (χ1n) is 8.80. The standard InChI is InChI=1S/C21H20ClNO5S/c1-23(25)20(24)12-9-17-13-19(14-3-7-16(22)8-4-14)21(28-17)15-5-10-18(11-6-15)29(2,26)27/h3-8,10-11,13,25H,9,12H2,1-2H3. The van der Waals surface area contributed by atoms with E-state index >= 15 is 0 Å². The van der Waals surface area contributed by atoms with E-state index in [-0.39, 0.29) is 11.3 Å². The largest absolute Gasteiger partial charge is 0.460 e. The summed E-state index contributed by atoms with van der Waals surface area (Å²) >= 11 is 5.99. The zero-order valence-corrected chi connectivity index (χ0v) is 17.5. The summed E-state index contributed by atoms with van der Waals surface area (Å²) in [5.74, 6) is 0.716. The van der Waals surface area contributed by atoms with E-state index in [2.05, 4.69) is 0 Å². The van der Waals surface area contributed by atoms with Crippen molar-refractivity contribution < 1.29 is 22.8 Å². The fourth-order valence-corrected chi connectivity index (χ4v) is 3.63. The molecule has 0 aliphatic heterocycles. The molecule has 1 aromatic heterocycles. The molecule has 1 amide bonds. The minimum Gasteiger partial charge on any atom is -0.460 e. The first kappa shape index (κ1) is 21.1. The van der Waals surface area contributed by atoms with Crippen LogP contribution in [0.25, 0.3) is 22.5 Å². The Kier molecular flexibility index (Phi) is 6.12. The topological polar surface area (TPSA) is 87.8 Å². The molecular weight excluding hydrogens is 414 g/mol. The Morgan fingerprint density at radius 1 is 1.07 bits per heavy atom. The van der Waals surface area contributed by atoms with E-state index in [9.17, 15) is 18.4 Å². The van der Waals surface area contributed by atoms with E-state index in [0.29, 0.717) is 33.6 Å². The number of nitrogens with zero attached hydrogens (tertiary/aromatic N) is 1. The monoisotopic (exact) mass is 433 g/mol. The minimum atomic E-state index is -3.30. The van der Waals surface area contributed by atoms with Crippen LogP contribution in [0.3, 0.4) is 0 Å². The van der Waals surface area contributed by atoms with E-state index in [0.717, 1.165) is 17.4 Å². The zero-order valence-electron chi connectivity index (χ0n) is 15.9. The van der Waals surface area contributed by atoms with Crippen LogP contribution in [-0.4, -0.2) is 37.9 Å². The first-order chi connectivity index (χ1) is 13.6. The highest BCUT2D eigenvalue weighted by atomic mass is 35.5. The van der Waals surface area contributed by atoms with Crippen LogP contribution in [0, 0.1) is 0 Å². The van der Waals surface area contributed by atoms with E-state index in [1.54, 1.807) is 24.3 Å². The SMILES string of the molecule is CN(O)C(=O)CCc1cc(-c2ccc(Cl)cc2)c(-c2ccc(S(C)(=O)=O)cc2)o1. The van der Waals surface area contributed by atoms with Gasteiger partial charge >= 0.3 is 0 Å². The van der Waals surface area contributed by atoms with Crippen LogP contribution in [0.15, 0.2) is 63.9 Å². The molecule has 3 aromatic rings. The van der Waals surface area contributed by atoms with Crippen molar-refractivity contribution in [3.05, 3.63) is 65.4 Å². The van der Waals surface area contributed by atoms with Gasteiger partial charge in [-0.05, 0) is 48.0 Å². The maximum absolute atomic E-state index is 11.7. The van der Waals surface area contributed by atoms with Crippen molar-refractivity contribution in [1.29, 1.82) is 0 Å². The van der Waals surface area contributed by atoms with Gasteiger partial charge in [0.2, 0.25) is 5.91 Å². The van der Waals surface area contributed by atoms with Crippen molar-refractivity contribution in [2.24, 2.45) is 0 Å². The summed E-state index contributed by atoms with van der Waals surface area (Å²) in [6, 6.07) is 15.5. The van der Waals surface area contributed by atoms with Crippen molar-refractivity contribution in [2.75, 3.05) is 13.3 Å². The summed E-state index contributed by atoms with van der Waals surface area (Å²) < 4.78 is 29.4. The maximum Gasteiger partial charge on any atom is 0.246 e. The Balaban J connectivity index is 2.01. The first-order valence-corrected chi connectivity index (χ1v) is 11.1. The summed E-state index contributed by atoms with van der Waals surface area (Å²) in [6.45, 7) is 0. The summed E-state index contributed by atoms with van der Waals surface area (Å²) in [4.78, 5) is 11.9.